The minimum Gasteiger partial charge on any atom is -0.507 e. The molecule has 0 unspecified atom stereocenters. The second kappa shape index (κ2) is 10.3. The zero-order valence-corrected chi connectivity index (χ0v) is 18.9. The van der Waals surface area contributed by atoms with Crippen molar-refractivity contribution in [3.05, 3.63) is 59.4 Å². The number of amides is 1. The van der Waals surface area contributed by atoms with Crippen LogP contribution in [0.25, 0.3) is 5.76 Å². The number of ether oxygens (including phenoxy) is 2. The van der Waals surface area contributed by atoms with Crippen molar-refractivity contribution >= 4 is 17.4 Å². The summed E-state index contributed by atoms with van der Waals surface area (Å²) in [6.45, 7) is 6.66. The molecular formula is C24H29N3O5. The number of aliphatic hydroxyl groups is 1. The largest absolute Gasteiger partial charge is 0.507 e. The summed E-state index contributed by atoms with van der Waals surface area (Å²) in [5.74, 6) is -0.576. The predicted molar refractivity (Wildman–Crippen MR) is 121 cm³/mol. The third kappa shape index (κ3) is 4.45. The lowest BCUT2D eigenvalue weighted by Crippen LogP contribution is -2.38. The van der Waals surface area contributed by atoms with Crippen molar-refractivity contribution in [2.75, 3.05) is 40.4 Å². The lowest BCUT2D eigenvalue weighted by atomic mass is 9.94. The van der Waals surface area contributed by atoms with Crippen LogP contribution in [0.4, 0.5) is 0 Å². The van der Waals surface area contributed by atoms with E-state index in [9.17, 15) is 14.7 Å². The molecule has 1 amide bonds. The fourth-order valence-electron chi connectivity index (χ4n) is 3.94. The Balaban J connectivity index is 2.18. The zero-order valence-electron chi connectivity index (χ0n) is 18.9. The summed E-state index contributed by atoms with van der Waals surface area (Å²) in [5, 5.41) is 11.1. The molecule has 0 radical (unpaired) electrons. The number of carbonyl (C=O) groups excluding carboxylic acids is 2. The maximum Gasteiger partial charge on any atom is 0.295 e. The third-order valence-corrected chi connectivity index (χ3v) is 5.78. The van der Waals surface area contributed by atoms with Gasteiger partial charge in [0, 0.05) is 36.6 Å². The number of hydrogen-bond donors (Lipinski definition) is 1. The Labute approximate surface area is 188 Å². The molecule has 32 heavy (non-hydrogen) atoms. The standard InChI is InChI=1S/C24H29N3O5/c1-5-26(6-2)13-14-27-21(18-15-17(31-3)7-8-19(18)32-4)20(23(29)24(27)30)22(28)16-9-11-25-12-10-16/h7-12,15,21,28H,5-6,13-14H2,1-4H3/t21-/m0/s1. The molecule has 1 N–H and O–H groups in total. The van der Waals surface area contributed by atoms with Crippen LogP contribution in [0.2, 0.25) is 0 Å². The normalized spacial score (nSPS) is 17.8. The Kier molecular flexibility index (Phi) is 7.48. The van der Waals surface area contributed by atoms with Crippen LogP contribution in [-0.2, 0) is 9.59 Å². The second-order valence-corrected chi connectivity index (χ2v) is 7.36. The smallest absolute Gasteiger partial charge is 0.295 e. The van der Waals surface area contributed by atoms with E-state index in [1.54, 1.807) is 37.4 Å². The Morgan fingerprint density at radius 1 is 1.09 bits per heavy atom. The van der Waals surface area contributed by atoms with E-state index in [-0.39, 0.29) is 11.3 Å². The number of pyridine rings is 1. The molecule has 1 aliphatic rings. The Bertz CT molecular complexity index is 1000. The van der Waals surface area contributed by atoms with Gasteiger partial charge in [-0.3, -0.25) is 14.6 Å². The SMILES string of the molecule is CCN(CC)CCN1C(=O)C(=O)C(=C(O)c2ccncc2)[C@@H]1c1cc(OC)ccc1OC. The molecule has 2 aromatic rings. The summed E-state index contributed by atoms with van der Waals surface area (Å²) in [6, 6.07) is 7.58. The number of likely N-dealkylation sites (N-methyl/N-ethyl adjacent to an activating group) is 1. The molecule has 0 aliphatic carbocycles. The first-order chi connectivity index (χ1) is 15.5. The number of aliphatic hydroxyl groups excluding tert-OH is 1. The molecule has 1 fully saturated rings. The number of rotatable bonds is 9. The maximum atomic E-state index is 13.1. The average Bonchev–Trinajstić information content (AvgIpc) is 3.09. The van der Waals surface area contributed by atoms with E-state index >= 15 is 0 Å². The summed E-state index contributed by atoms with van der Waals surface area (Å²) in [5.41, 5.74) is 1.00. The van der Waals surface area contributed by atoms with Crippen molar-refractivity contribution in [1.82, 2.24) is 14.8 Å². The number of ketones is 1. The van der Waals surface area contributed by atoms with Crippen LogP contribution >= 0.6 is 0 Å². The van der Waals surface area contributed by atoms with Gasteiger partial charge in [0.2, 0.25) is 0 Å². The Morgan fingerprint density at radius 3 is 2.38 bits per heavy atom. The van der Waals surface area contributed by atoms with E-state index in [0.29, 0.717) is 35.7 Å². The lowest BCUT2D eigenvalue weighted by Gasteiger charge is -2.29. The monoisotopic (exact) mass is 439 g/mol. The average molecular weight is 440 g/mol. The van der Waals surface area contributed by atoms with Gasteiger partial charge in [0.05, 0.1) is 25.8 Å². The first-order valence-corrected chi connectivity index (χ1v) is 10.6. The summed E-state index contributed by atoms with van der Waals surface area (Å²) in [6.07, 6.45) is 3.04. The van der Waals surface area contributed by atoms with Crippen LogP contribution in [0.15, 0.2) is 48.3 Å². The van der Waals surface area contributed by atoms with Crippen molar-refractivity contribution in [2.24, 2.45) is 0 Å². The quantitative estimate of drug-likeness (QED) is 0.365. The number of nitrogens with zero attached hydrogens (tertiary/aromatic N) is 3. The molecule has 1 aliphatic heterocycles. The number of aromatic nitrogens is 1. The van der Waals surface area contributed by atoms with Gasteiger partial charge < -0.3 is 24.4 Å². The van der Waals surface area contributed by atoms with Gasteiger partial charge in [0.25, 0.3) is 11.7 Å². The lowest BCUT2D eigenvalue weighted by molar-refractivity contribution is -0.140. The molecular weight excluding hydrogens is 410 g/mol. The van der Waals surface area contributed by atoms with E-state index in [2.05, 4.69) is 9.88 Å². The molecule has 1 saturated heterocycles. The Hall–Kier alpha value is -3.39. The molecule has 170 valence electrons. The molecule has 3 rings (SSSR count). The van der Waals surface area contributed by atoms with Gasteiger partial charge in [-0.15, -0.1) is 0 Å². The molecule has 0 bridgehead atoms. The number of hydrogen-bond acceptors (Lipinski definition) is 7. The minimum atomic E-state index is -0.816. The minimum absolute atomic E-state index is 0.0206. The van der Waals surface area contributed by atoms with Crippen LogP contribution in [0.1, 0.15) is 31.0 Å². The first-order valence-electron chi connectivity index (χ1n) is 10.6. The molecule has 1 aromatic carbocycles. The highest BCUT2D eigenvalue weighted by Gasteiger charge is 2.47. The maximum absolute atomic E-state index is 13.1. The van der Waals surface area contributed by atoms with Gasteiger partial charge in [0.15, 0.2) is 0 Å². The van der Waals surface area contributed by atoms with Gasteiger partial charge in [-0.25, -0.2) is 0 Å². The van der Waals surface area contributed by atoms with Crippen molar-refractivity contribution < 1.29 is 24.2 Å². The summed E-state index contributed by atoms with van der Waals surface area (Å²) >= 11 is 0. The fraction of sp³-hybridized carbons (Fsp3) is 0.375. The van der Waals surface area contributed by atoms with Gasteiger partial charge in [-0.1, -0.05) is 13.8 Å². The van der Waals surface area contributed by atoms with E-state index in [1.165, 1.54) is 24.4 Å². The molecule has 0 saturated carbocycles. The molecule has 1 atom stereocenters. The van der Waals surface area contributed by atoms with Crippen LogP contribution in [0.3, 0.4) is 0 Å². The highest BCUT2D eigenvalue weighted by atomic mass is 16.5. The summed E-state index contributed by atoms with van der Waals surface area (Å²) in [7, 11) is 3.07. The fourth-order valence-corrected chi connectivity index (χ4v) is 3.94. The number of methoxy groups -OCH3 is 2. The molecule has 0 spiro atoms. The van der Waals surface area contributed by atoms with Crippen molar-refractivity contribution in [3.8, 4) is 11.5 Å². The van der Waals surface area contributed by atoms with Gasteiger partial charge in [-0.2, -0.15) is 0 Å². The summed E-state index contributed by atoms with van der Waals surface area (Å²) in [4.78, 5) is 33.9. The third-order valence-electron chi connectivity index (χ3n) is 5.78. The van der Waals surface area contributed by atoms with Gasteiger partial charge in [0.1, 0.15) is 17.3 Å². The number of Topliss-reactive ketones (excluding diaryl/α,β-unsaturated/α-hetero) is 1. The topological polar surface area (TPSA) is 92.2 Å². The van der Waals surface area contributed by atoms with Crippen molar-refractivity contribution in [1.29, 1.82) is 0 Å². The van der Waals surface area contributed by atoms with Crippen LogP contribution in [0, 0.1) is 0 Å². The zero-order chi connectivity index (χ0) is 23.3. The van der Waals surface area contributed by atoms with Crippen molar-refractivity contribution in [2.45, 2.75) is 19.9 Å². The van der Waals surface area contributed by atoms with Gasteiger partial charge >= 0.3 is 0 Å². The predicted octanol–water partition coefficient (Wildman–Crippen LogP) is 2.86. The summed E-state index contributed by atoms with van der Waals surface area (Å²) < 4.78 is 10.9. The Morgan fingerprint density at radius 2 is 1.78 bits per heavy atom. The van der Waals surface area contributed by atoms with E-state index in [0.717, 1.165) is 13.1 Å². The highest BCUT2D eigenvalue weighted by Crippen LogP contribution is 2.43. The molecule has 2 heterocycles. The first kappa shape index (κ1) is 23.3. The van der Waals surface area contributed by atoms with E-state index in [4.69, 9.17) is 9.47 Å². The van der Waals surface area contributed by atoms with Gasteiger partial charge in [-0.05, 0) is 43.4 Å². The number of likely N-dealkylation sites (tertiary alicyclic amines) is 1. The molecule has 8 nitrogen and oxygen atoms in total. The van der Waals surface area contributed by atoms with Crippen LogP contribution in [-0.4, -0.2) is 72.0 Å². The van der Waals surface area contributed by atoms with E-state index < -0.39 is 17.7 Å². The number of benzene rings is 1. The van der Waals surface area contributed by atoms with Crippen LogP contribution < -0.4 is 9.47 Å². The van der Waals surface area contributed by atoms with Crippen LogP contribution in [0.5, 0.6) is 11.5 Å². The van der Waals surface area contributed by atoms with Crippen molar-refractivity contribution in [3.63, 3.8) is 0 Å². The molecule has 1 aromatic heterocycles. The molecule has 8 heteroatoms. The van der Waals surface area contributed by atoms with E-state index in [1.807, 2.05) is 13.8 Å². The second-order valence-electron chi connectivity index (χ2n) is 7.36. The highest BCUT2D eigenvalue weighted by molar-refractivity contribution is 6.46. The number of carbonyl (C=O) groups is 2.